The van der Waals surface area contributed by atoms with Crippen molar-refractivity contribution in [3.8, 4) is 0 Å². The lowest BCUT2D eigenvalue weighted by Gasteiger charge is -2.21. The number of nitrogens with zero attached hydrogens (tertiary/aromatic N) is 2. The third-order valence-corrected chi connectivity index (χ3v) is 4.23. The Bertz CT molecular complexity index is 618. The molecule has 1 aromatic heterocycles. The van der Waals surface area contributed by atoms with Crippen LogP contribution in [0.25, 0.3) is 0 Å². The first-order valence-corrected chi connectivity index (χ1v) is 7.57. The summed E-state index contributed by atoms with van der Waals surface area (Å²) in [6, 6.07) is 0. The Balaban J connectivity index is 2.20. The van der Waals surface area contributed by atoms with E-state index in [4.69, 9.17) is 0 Å². The Morgan fingerprint density at radius 2 is 1.55 bits per heavy atom. The molecule has 0 aromatic carbocycles. The predicted octanol–water partition coefficient (Wildman–Crippen LogP) is 1.53. The summed E-state index contributed by atoms with van der Waals surface area (Å²) in [5.41, 5.74) is 2.53. The number of nitrogens with one attached hydrogen (secondary N) is 1. The number of aryl methyl sites for hydroxylation is 1. The Morgan fingerprint density at radius 1 is 0.955 bits per heavy atom. The Hall–Kier alpha value is -2.11. The van der Waals surface area contributed by atoms with Crippen molar-refractivity contribution in [3.05, 3.63) is 22.5 Å². The number of carbonyl (C=O) groups is 3. The van der Waals surface area contributed by atoms with E-state index >= 15 is 0 Å². The molecule has 22 heavy (non-hydrogen) atoms. The fourth-order valence-corrected chi connectivity index (χ4v) is 3.09. The quantitative estimate of drug-likeness (QED) is 0.842. The zero-order valence-corrected chi connectivity index (χ0v) is 13.7. The van der Waals surface area contributed by atoms with E-state index < -0.39 is 0 Å². The van der Waals surface area contributed by atoms with Gasteiger partial charge in [0.25, 0.3) is 5.91 Å². The van der Waals surface area contributed by atoms with Crippen LogP contribution in [0.5, 0.6) is 0 Å². The van der Waals surface area contributed by atoms with Crippen LogP contribution in [0.2, 0.25) is 0 Å². The van der Waals surface area contributed by atoms with Gasteiger partial charge in [-0.1, -0.05) is 0 Å². The fourth-order valence-electron chi connectivity index (χ4n) is 3.09. The highest BCUT2D eigenvalue weighted by molar-refractivity contribution is 6.02. The molecule has 1 saturated heterocycles. The summed E-state index contributed by atoms with van der Waals surface area (Å²) in [6.07, 6.45) is 0.767. The molecule has 2 amide bonds. The number of Topliss-reactive ketones (excluding diaryl/α,β-unsaturated/α-hetero) is 1. The van der Waals surface area contributed by atoms with E-state index in [-0.39, 0.29) is 17.6 Å². The molecular formula is C16H23N3O3. The van der Waals surface area contributed by atoms with E-state index in [1.165, 1.54) is 6.92 Å². The molecule has 6 nitrogen and oxygen atoms in total. The Morgan fingerprint density at radius 3 is 2.09 bits per heavy atom. The minimum Gasteiger partial charge on any atom is -0.354 e. The number of H-pyrrole nitrogens is 1. The van der Waals surface area contributed by atoms with Gasteiger partial charge in [0.1, 0.15) is 5.69 Å². The highest BCUT2D eigenvalue weighted by atomic mass is 16.2. The summed E-state index contributed by atoms with van der Waals surface area (Å²) in [6.45, 7) is 9.04. The molecule has 6 heteroatoms. The van der Waals surface area contributed by atoms with Crippen LogP contribution in [-0.2, 0) is 4.79 Å². The molecule has 120 valence electrons. The Kier molecular flexibility index (Phi) is 4.68. The van der Waals surface area contributed by atoms with Gasteiger partial charge in [0.05, 0.1) is 0 Å². The number of amides is 2. The molecule has 2 heterocycles. The van der Waals surface area contributed by atoms with Gasteiger partial charge < -0.3 is 14.8 Å². The van der Waals surface area contributed by atoms with Crippen LogP contribution >= 0.6 is 0 Å². The van der Waals surface area contributed by atoms with Crippen molar-refractivity contribution >= 4 is 17.6 Å². The zero-order chi connectivity index (χ0) is 16.4. The predicted molar refractivity (Wildman–Crippen MR) is 83.0 cm³/mol. The van der Waals surface area contributed by atoms with Crippen molar-refractivity contribution in [2.24, 2.45) is 0 Å². The van der Waals surface area contributed by atoms with Crippen LogP contribution in [0.3, 0.4) is 0 Å². The normalized spacial score (nSPS) is 15.6. The molecule has 0 aliphatic carbocycles. The maximum Gasteiger partial charge on any atom is 0.270 e. The maximum absolute atomic E-state index is 12.7. The maximum atomic E-state index is 12.7. The average Bonchev–Trinajstić information content (AvgIpc) is 2.64. The van der Waals surface area contributed by atoms with Crippen LogP contribution in [0.4, 0.5) is 0 Å². The van der Waals surface area contributed by atoms with E-state index in [1.807, 2.05) is 0 Å². The Labute approximate surface area is 130 Å². The van der Waals surface area contributed by atoms with Gasteiger partial charge in [0, 0.05) is 44.4 Å². The van der Waals surface area contributed by atoms with Crippen molar-refractivity contribution in [1.82, 2.24) is 14.8 Å². The number of carbonyl (C=O) groups excluding carboxylic acids is 3. The molecule has 1 fully saturated rings. The SMILES string of the molecule is CC(=O)c1c(C)[nH]c(C(=O)N2CCCN(C(C)=O)CC2)c1C. The minimum atomic E-state index is -0.0986. The highest BCUT2D eigenvalue weighted by Crippen LogP contribution is 2.20. The van der Waals surface area contributed by atoms with Gasteiger partial charge >= 0.3 is 0 Å². The van der Waals surface area contributed by atoms with Gasteiger partial charge in [-0.05, 0) is 32.8 Å². The molecule has 0 atom stereocenters. The second-order valence-corrected chi connectivity index (χ2v) is 5.83. The number of ketones is 1. The average molecular weight is 305 g/mol. The summed E-state index contributed by atoms with van der Waals surface area (Å²) < 4.78 is 0. The number of rotatable bonds is 2. The lowest BCUT2D eigenvalue weighted by Crippen LogP contribution is -2.36. The molecule has 0 bridgehead atoms. The molecule has 1 aliphatic rings. The second-order valence-electron chi connectivity index (χ2n) is 5.83. The summed E-state index contributed by atoms with van der Waals surface area (Å²) in [5, 5.41) is 0. The van der Waals surface area contributed by atoms with Gasteiger partial charge in [-0.2, -0.15) is 0 Å². The largest absolute Gasteiger partial charge is 0.354 e. The number of hydrogen-bond donors (Lipinski definition) is 1. The van der Waals surface area contributed by atoms with Crippen LogP contribution in [0.15, 0.2) is 0 Å². The van der Waals surface area contributed by atoms with Crippen molar-refractivity contribution < 1.29 is 14.4 Å². The molecule has 1 aliphatic heterocycles. The van der Waals surface area contributed by atoms with Crippen LogP contribution in [0, 0.1) is 13.8 Å². The number of aromatic amines is 1. The first kappa shape index (κ1) is 16.3. The fraction of sp³-hybridized carbons (Fsp3) is 0.562. The molecule has 0 spiro atoms. The van der Waals surface area contributed by atoms with Gasteiger partial charge in [0.2, 0.25) is 5.91 Å². The molecule has 2 rings (SSSR count). The number of aromatic nitrogens is 1. The summed E-state index contributed by atoms with van der Waals surface area (Å²) >= 11 is 0. The summed E-state index contributed by atoms with van der Waals surface area (Å²) in [5.74, 6) is -0.0949. The minimum absolute atomic E-state index is 0.0380. The van der Waals surface area contributed by atoms with E-state index in [0.717, 1.165) is 12.1 Å². The van der Waals surface area contributed by atoms with Crippen LogP contribution < -0.4 is 0 Å². The number of hydrogen-bond acceptors (Lipinski definition) is 3. The van der Waals surface area contributed by atoms with E-state index in [9.17, 15) is 14.4 Å². The zero-order valence-electron chi connectivity index (χ0n) is 13.7. The monoisotopic (exact) mass is 305 g/mol. The lowest BCUT2D eigenvalue weighted by atomic mass is 10.1. The van der Waals surface area contributed by atoms with Gasteiger partial charge in [-0.3, -0.25) is 14.4 Å². The first-order valence-electron chi connectivity index (χ1n) is 7.57. The third-order valence-electron chi connectivity index (χ3n) is 4.23. The van der Waals surface area contributed by atoms with E-state index in [2.05, 4.69) is 4.98 Å². The smallest absolute Gasteiger partial charge is 0.270 e. The van der Waals surface area contributed by atoms with Crippen molar-refractivity contribution in [2.45, 2.75) is 34.1 Å². The van der Waals surface area contributed by atoms with Gasteiger partial charge in [-0.15, -0.1) is 0 Å². The molecule has 0 saturated carbocycles. The standard InChI is InChI=1S/C16H23N3O3/c1-10-14(12(3)20)11(2)17-15(10)16(22)19-7-5-6-18(8-9-19)13(4)21/h17H,5-9H2,1-4H3. The van der Waals surface area contributed by atoms with Crippen LogP contribution in [-0.4, -0.2) is 58.6 Å². The third kappa shape index (κ3) is 3.05. The van der Waals surface area contributed by atoms with Crippen molar-refractivity contribution in [2.75, 3.05) is 26.2 Å². The van der Waals surface area contributed by atoms with Gasteiger partial charge in [0.15, 0.2) is 5.78 Å². The van der Waals surface area contributed by atoms with Crippen molar-refractivity contribution in [1.29, 1.82) is 0 Å². The molecule has 1 aromatic rings. The molecular weight excluding hydrogens is 282 g/mol. The second kappa shape index (κ2) is 6.34. The molecule has 0 unspecified atom stereocenters. The van der Waals surface area contributed by atoms with Crippen molar-refractivity contribution in [3.63, 3.8) is 0 Å². The summed E-state index contributed by atoms with van der Waals surface area (Å²) in [4.78, 5) is 42.4. The van der Waals surface area contributed by atoms with Gasteiger partial charge in [-0.25, -0.2) is 0 Å². The van der Waals surface area contributed by atoms with E-state index in [0.29, 0.717) is 43.0 Å². The summed E-state index contributed by atoms with van der Waals surface area (Å²) in [7, 11) is 0. The highest BCUT2D eigenvalue weighted by Gasteiger charge is 2.26. The van der Waals surface area contributed by atoms with E-state index in [1.54, 1.807) is 30.6 Å². The molecule has 0 radical (unpaired) electrons. The van der Waals surface area contributed by atoms with Crippen LogP contribution in [0.1, 0.15) is 52.4 Å². The first-order chi connectivity index (χ1) is 10.3. The molecule has 1 N–H and O–H groups in total. The lowest BCUT2D eigenvalue weighted by molar-refractivity contribution is -0.128. The topological polar surface area (TPSA) is 73.5 Å².